The lowest BCUT2D eigenvalue weighted by Gasteiger charge is -2.11. The Morgan fingerprint density at radius 1 is 0.810 bits per heavy atom. The lowest BCUT2D eigenvalue weighted by atomic mass is 10.1. The van der Waals surface area contributed by atoms with Gasteiger partial charge in [-0.1, -0.05) is 36.4 Å². The van der Waals surface area contributed by atoms with E-state index in [4.69, 9.17) is 15.2 Å². The lowest BCUT2D eigenvalue weighted by molar-refractivity contribution is 0.219. The molecule has 106 valence electrons. The summed E-state index contributed by atoms with van der Waals surface area (Å²) in [4.78, 5) is 3.97. The summed E-state index contributed by atoms with van der Waals surface area (Å²) in [6, 6.07) is 17.7. The normalized spacial score (nSPS) is 10.5. The van der Waals surface area contributed by atoms with E-state index in [1.165, 1.54) is 0 Å². The van der Waals surface area contributed by atoms with Crippen LogP contribution in [0.1, 0.15) is 0 Å². The van der Waals surface area contributed by atoms with Crippen LogP contribution in [0.15, 0.2) is 60.8 Å². The van der Waals surface area contributed by atoms with Gasteiger partial charge in [0.15, 0.2) is 11.6 Å². The molecule has 0 amide bonds. The summed E-state index contributed by atoms with van der Waals surface area (Å²) in [5, 5.41) is 2.26. The minimum atomic E-state index is 0.391. The minimum absolute atomic E-state index is 0.391. The number of benzene rings is 2. The van der Waals surface area contributed by atoms with Crippen molar-refractivity contribution in [2.24, 2.45) is 0 Å². The summed E-state index contributed by atoms with van der Waals surface area (Å²) < 4.78 is 11.4. The highest BCUT2D eigenvalue weighted by atomic mass is 16.5. The first-order chi connectivity index (χ1) is 10.3. The monoisotopic (exact) mass is 280 g/mol. The Bertz CT molecular complexity index is 738. The highest BCUT2D eigenvalue weighted by Gasteiger charge is 2.02. The molecule has 4 nitrogen and oxygen atoms in total. The highest BCUT2D eigenvalue weighted by molar-refractivity contribution is 5.88. The Morgan fingerprint density at radius 2 is 1.52 bits per heavy atom. The molecule has 0 atom stereocenters. The minimum Gasteiger partial charge on any atom is -0.489 e. The van der Waals surface area contributed by atoms with Crippen LogP contribution < -0.4 is 15.2 Å². The lowest BCUT2D eigenvalue weighted by Crippen LogP contribution is -2.10. The Kier molecular flexibility index (Phi) is 3.87. The second-order valence-corrected chi connectivity index (χ2v) is 4.56. The number of nitrogen functional groups attached to an aromatic ring is 1. The van der Waals surface area contributed by atoms with Gasteiger partial charge < -0.3 is 15.2 Å². The fourth-order valence-electron chi connectivity index (χ4n) is 2.15. The second kappa shape index (κ2) is 6.13. The van der Waals surface area contributed by atoms with Gasteiger partial charge in [0.2, 0.25) is 0 Å². The number of aromatic nitrogens is 1. The maximum atomic E-state index is 5.79. The first-order valence-corrected chi connectivity index (χ1v) is 6.78. The summed E-state index contributed by atoms with van der Waals surface area (Å²) in [6.07, 6.45) is 1.63. The fourth-order valence-corrected chi connectivity index (χ4v) is 2.15. The van der Waals surface area contributed by atoms with Crippen molar-refractivity contribution in [1.82, 2.24) is 4.98 Å². The molecule has 0 saturated carbocycles. The van der Waals surface area contributed by atoms with Crippen molar-refractivity contribution in [3.63, 3.8) is 0 Å². The van der Waals surface area contributed by atoms with Gasteiger partial charge in [-0.2, -0.15) is 0 Å². The number of ether oxygens (including phenoxy) is 2. The van der Waals surface area contributed by atoms with E-state index in [0.29, 0.717) is 24.8 Å². The number of pyridine rings is 1. The van der Waals surface area contributed by atoms with E-state index >= 15 is 0 Å². The molecular weight excluding hydrogens is 264 g/mol. The molecule has 0 fully saturated rings. The summed E-state index contributed by atoms with van der Waals surface area (Å²) in [6.45, 7) is 0.863. The summed E-state index contributed by atoms with van der Waals surface area (Å²) in [5.74, 6) is 1.83. The molecule has 0 unspecified atom stereocenters. The summed E-state index contributed by atoms with van der Waals surface area (Å²) >= 11 is 0. The van der Waals surface area contributed by atoms with Gasteiger partial charge in [-0.05, 0) is 23.6 Å². The second-order valence-electron chi connectivity index (χ2n) is 4.56. The maximum absolute atomic E-state index is 5.79. The first kappa shape index (κ1) is 13.2. The average Bonchev–Trinajstić information content (AvgIpc) is 2.53. The predicted molar refractivity (Wildman–Crippen MR) is 83.6 cm³/mol. The van der Waals surface area contributed by atoms with Gasteiger partial charge in [0, 0.05) is 11.6 Å². The van der Waals surface area contributed by atoms with Crippen molar-refractivity contribution in [2.45, 2.75) is 0 Å². The van der Waals surface area contributed by atoms with Crippen molar-refractivity contribution in [1.29, 1.82) is 0 Å². The molecule has 2 aromatic carbocycles. The molecule has 0 spiro atoms. The zero-order chi connectivity index (χ0) is 14.5. The number of nitrogens with zero attached hydrogens (tertiary/aromatic N) is 1. The van der Waals surface area contributed by atoms with Crippen LogP contribution in [0, 0.1) is 0 Å². The van der Waals surface area contributed by atoms with Crippen LogP contribution in [0.25, 0.3) is 10.8 Å². The van der Waals surface area contributed by atoms with Crippen molar-refractivity contribution in [2.75, 3.05) is 18.9 Å². The molecule has 3 rings (SSSR count). The topological polar surface area (TPSA) is 57.4 Å². The summed E-state index contributed by atoms with van der Waals surface area (Å²) in [5.41, 5.74) is 5.71. The van der Waals surface area contributed by atoms with Crippen molar-refractivity contribution in [3.05, 3.63) is 60.8 Å². The third-order valence-corrected chi connectivity index (χ3v) is 3.15. The van der Waals surface area contributed by atoms with Crippen molar-refractivity contribution < 1.29 is 9.47 Å². The van der Waals surface area contributed by atoms with Crippen LogP contribution in [0.4, 0.5) is 5.82 Å². The number of hydrogen-bond acceptors (Lipinski definition) is 4. The number of rotatable bonds is 5. The van der Waals surface area contributed by atoms with Gasteiger partial charge in [-0.15, -0.1) is 0 Å². The third-order valence-electron chi connectivity index (χ3n) is 3.15. The van der Waals surface area contributed by atoms with Crippen LogP contribution in [0.3, 0.4) is 0 Å². The molecule has 2 N–H and O–H groups in total. The quantitative estimate of drug-likeness (QED) is 0.729. The van der Waals surface area contributed by atoms with Gasteiger partial charge in [0.1, 0.15) is 19.0 Å². The summed E-state index contributed by atoms with van der Waals surface area (Å²) in [7, 11) is 0. The van der Waals surface area contributed by atoms with Crippen LogP contribution in [0.2, 0.25) is 0 Å². The van der Waals surface area contributed by atoms with Crippen LogP contribution in [0.5, 0.6) is 11.5 Å². The maximum Gasteiger partial charge on any atom is 0.166 e. The Balaban J connectivity index is 1.61. The Hall–Kier alpha value is -2.75. The number of nitrogens with two attached hydrogens (primary N) is 1. The standard InChI is InChI=1S/C17H16N2O2/c18-17-16(9-4-10-19-17)21-12-11-20-15-8-3-6-13-5-1-2-7-14(13)15/h1-10H,11-12H2,(H2,18,19). The highest BCUT2D eigenvalue weighted by Crippen LogP contribution is 2.25. The zero-order valence-corrected chi connectivity index (χ0v) is 11.5. The van der Waals surface area contributed by atoms with Gasteiger partial charge in [0.25, 0.3) is 0 Å². The molecule has 0 radical (unpaired) electrons. The van der Waals surface area contributed by atoms with E-state index < -0.39 is 0 Å². The molecular formula is C17H16N2O2. The Morgan fingerprint density at radius 3 is 2.38 bits per heavy atom. The first-order valence-electron chi connectivity index (χ1n) is 6.78. The largest absolute Gasteiger partial charge is 0.489 e. The number of hydrogen-bond donors (Lipinski definition) is 1. The smallest absolute Gasteiger partial charge is 0.166 e. The van der Waals surface area contributed by atoms with E-state index in [9.17, 15) is 0 Å². The van der Waals surface area contributed by atoms with E-state index in [-0.39, 0.29) is 0 Å². The van der Waals surface area contributed by atoms with Gasteiger partial charge in [0.05, 0.1) is 0 Å². The Labute approximate surface area is 123 Å². The fraction of sp³-hybridized carbons (Fsp3) is 0.118. The predicted octanol–water partition coefficient (Wildman–Crippen LogP) is 3.27. The number of fused-ring (bicyclic) bond motifs is 1. The molecule has 0 aliphatic carbocycles. The van der Waals surface area contributed by atoms with E-state index in [1.54, 1.807) is 18.3 Å². The van der Waals surface area contributed by atoms with Crippen molar-refractivity contribution in [3.8, 4) is 11.5 Å². The van der Waals surface area contributed by atoms with Gasteiger partial charge in [-0.25, -0.2) is 4.98 Å². The third kappa shape index (κ3) is 3.05. The van der Waals surface area contributed by atoms with E-state index in [2.05, 4.69) is 17.1 Å². The molecule has 21 heavy (non-hydrogen) atoms. The zero-order valence-electron chi connectivity index (χ0n) is 11.5. The molecule has 1 aromatic heterocycles. The van der Waals surface area contributed by atoms with Crippen LogP contribution >= 0.6 is 0 Å². The van der Waals surface area contributed by atoms with E-state index in [0.717, 1.165) is 16.5 Å². The molecule has 4 heteroatoms. The molecule has 0 bridgehead atoms. The number of anilines is 1. The van der Waals surface area contributed by atoms with Crippen LogP contribution in [-0.4, -0.2) is 18.2 Å². The van der Waals surface area contributed by atoms with Crippen molar-refractivity contribution >= 4 is 16.6 Å². The van der Waals surface area contributed by atoms with Gasteiger partial charge >= 0.3 is 0 Å². The molecule has 3 aromatic rings. The molecule has 0 aliphatic heterocycles. The van der Waals surface area contributed by atoms with Crippen LogP contribution in [-0.2, 0) is 0 Å². The molecule has 0 aliphatic rings. The average molecular weight is 280 g/mol. The molecule has 1 heterocycles. The molecule has 0 saturated heterocycles. The van der Waals surface area contributed by atoms with Gasteiger partial charge in [-0.3, -0.25) is 0 Å². The SMILES string of the molecule is Nc1ncccc1OCCOc1cccc2ccccc12. The van der Waals surface area contributed by atoms with E-state index in [1.807, 2.05) is 30.3 Å².